The molecular weight excluding hydrogens is 308 g/mol. The largest absolute Gasteiger partial charge is 0.392 e. The summed E-state index contributed by atoms with van der Waals surface area (Å²) in [6, 6.07) is 1.96. The van der Waals surface area contributed by atoms with Gasteiger partial charge >= 0.3 is 0 Å². The van der Waals surface area contributed by atoms with Gasteiger partial charge in [-0.2, -0.15) is 4.31 Å². The van der Waals surface area contributed by atoms with Crippen molar-refractivity contribution in [3.05, 3.63) is 17.0 Å². The molecule has 2 aliphatic heterocycles. The molecule has 5 nitrogen and oxygen atoms in total. The first-order valence-corrected chi connectivity index (χ1v) is 9.85. The van der Waals surface area contributed by atoms with Gasteiger partial charge in [-0.3, -0.25) is 4.90 Å². The number of hydrogen-bond acceptors (Lipinski definition) is 5. The molecule has 1 atom stereocenters. The summed E-state index contributed by atoms with van der Waals surface area (Å²) in [5.74, 6) is 0. The maximum Gasteiger partial charge on any atom is 0.252 e. The van der Waals surface area contributed by atoms with Crippen LogP contribution in [0.4, 0.5) is 0 Å². The molecule has 21 heavy (non-hydrogen) atoms. The Balaban J connectivity index is 1.69. The molecule has 0 saturated carbocycles. The second kappa shape index (κ2) is 6.34. The van der Waals surface area contributed by atoms with Crippen molar-refractivity contribution in [2.24, 2.45) is 0 Å². The van der Waals surface area contributed by atoms with Crippen LogP contribution in [0.2, 0.25) is 0 Å². The van der Waals surface area contributed by atoms with Crippen LogP contribution in [0.5, 0.6) is 0 Å². The van der Waals surface area contributed by atoms with E-state index in [0.717, 1.165) is 19.5 Å². The van der Waals surface area contributed by atoms with E-state index in [1.165, 1.54) is 30.6 Å². The van der Waals surface area contributed by atoms with Crippen molar-refractivity contribution in [2.75, 3.05) is 26.2 Å². The third-order valence-electron chi connectivity index (χ3n) is 4.44. The Morgan fingerprint density at radius 2 is 2.00 bits per heavy atom. The summed E-state index contributed by atoms with van der Waals surface area (Å²) in [7, 11) is -3.39. The van der Waals surface area contributed by atoms with E-state index >= 15 is 0 Å². The molecular formula is C14H22N2O3S2. The minimum atomic E-state index is -3.39. The molecule has 0 bridgehead atoms. The van der Waals surface area contributed by atoms with Gasteiger partial charge in [0, 0.05) is 19.1 Å². The number of aliphatic hydroxyl groups excluding tert-OH is 1. The molecule has 2 aliphatic rings. The van der Waals surface area contributed by atoms with Crippen LogP contribution in [0, 0.1) is 0 Å². The lowest BCUT2D eigenvalue weighted by Gasteiger charge is -2.32. The maximum absolute atomic E-state index is 12.6. The van der Waals surface area contributed by atoms with Crippen LogP contribution in [-0.2, 0) is 16.6 Å². The quantitative estimate of drug-likeness (QED) is 0.909. The number of likely N-dealkylation sites (tertiary alicyclic amines) is 1. The number of hydrogen-bond donors (Lipinski definition) is 1. The average molecular weight is 330 g/mol. The SMILES string of the molecule is O=S(=O)(c1cc(CO)cs1)N1CCC(N2CCCCC2)C1. The van der Waals surface area contributed by atoms with Gasteiger partial charge in [-0.1, -0.05) is 6.42 Å². The fourth-order valence-corrected chi connectivity index (χ4v) is 6.05. The van der Waals surface area contributed by atoms with Crippen LogP contribution in [-0.4, -0.2) is 55.0 Å². The Morgan fingerprint density at radius 3 is 2.67 bits per heavy atom. The highest BCUT2D eigenvalue weighted by Gasteiger charge is 2.36. The van der Waals surface area contributed by atoms with Crippen LogP contribution in [0.25, 0.3) is 0 Å². The van der Waals surface area contributed by atoms with E-state index in [-0.39, 0.29) is 6.61 Å². The Bertz CT molecular complexity index is 579. The second-order valence-electron chi connectivity index (χ2n) is 5.83. The van der Waals surface area contributed by atoms with Gasteiger partial charge in [0.1, 0.15) is 4.21 Å². The molecule has 0 radical (unpaired) electrons. The van der Waals surface area contributed by atoms with E-state index in [9.17, 15) is 8.42 Å². The Kier molecular flexibility index (Phi) is 4.66. The third kappa shape index (κ3) is 3.17. The van der Waals surface area contributed by atoms with Gasteiger partial charge < -0.3 is 5.11 Å². The van der Waals surface area contributed by atoms with E-state index in [2.05, 4.69) is 4.90 Å². The number of aliphatic hydroxyl groups is 1. The minimum absolute atomic E-state index is 0.109. The normalized spacial score (nSPS) is 25.5. The Labute approximate surface area is 130 Å². The van der Waals surface area contributed by atoms with Crippen molar-refractivity contribution in [1.29, 1.82) is 0 Å². The summed E-state index contributed by atoms with van der Waals surface area (Å²) in [4.78, 5) is 2.45. The van der Waals surface area contributed by atoms with Crippen molar-refractivity contribution >= 4 is 21.4 Å². The Morgan fingerprint density at radius 1 is 1.24 bits per heavy atom. The summed E-state index contributed by atoms with van der Waals surface area (Å²) >= 11 is 1.20. The molecule has 3 rings (SSSR count). The standard InChI is InChI=1S/C14H22N2O3S2/c17-10-12-8-14(20-11-12)21(18,19)16-7-4-13(9-16)15-5-2-1-3-6-15/h8,11,13,17H,1-7,9-10H2. The number of sulfonamides is 1. The fraction of sp³-hybridized carbons (Fsp3) is 0.714. The maximum atomic E-state index is 12.6. The molecule has 0 aliphatic carbocycles. The summed E-state index contributed by atoms with van der Waals surface area (Å²) in [6.07, 6.45) is 4.68. The van der Waals surface area contributed by atoms with E-state index in [4.69, 9.17) is 5.11 Å². The molecule has 0 aromatic carbocycles. The number of nitrogens with zero attached hydrogens (tertiary/aromatic N) is 2. The van der Waals surface area contributed by atoms with Crippen LogP contribution in [0.15, 0.2) is 15.7 Å². The van der Waals surface area contributed by atoms with Crippen molar-refractivity contribution in [2.45, 2.75) is 42.5 Å². The number of rotatable bonds is 4. The zero-order valence-corrected chi connectivity index (χ0v) is 13.7. The molecule has 2 saturated heterocycles. The fourth-order valence-electron chi connectivity index (χ4n) is 3.21. The van der Waals surface area contributed by atoms with Gasteiger partial charge in [0.15, 0.2) is 0 Å². The molecule has 2 fully saturated rings. The summed E-state index contributed by atoms with van der Waals surface area (Å²) in [5.41, 5.74) is 0.672. The Hall–Kier alpha value is -0.470. The predicted molar refractivity (Wildman–Crippen MR) is 82.8 cm³/mol. The third-order valence-corrected chi connectivity index (χ3v) is 7.77. The van der Waals surface area contributed by atoms with Crippen molar-refractivity contribution in [3.63, 3.8) is 0 Å². The number of piperidine rings is 1. The predicted octanol–water partition coefficient (Wildman–Crippen LogP) is 1.49. The lowest BCUT2D eigenvalue weighted by molar-refractivity contribution is 0.169. The van der Waals surface area contributed by atoms with Crippen LogP contribution < -0.4 is 0 Å². The molecule has 3 heterocycles. The molecule has 0 spiro atoms. The van der Waals surface area contributed by atoms with Crippen LogP contribution in [0.1, 0.15) is 31.2 Å². The molecule has 1 aromatic heterocycles. The topological polar surface area (TPSA) is 60.9 Å². The highest BCUT2D eigenvalue weighted by molar-refractivity contribution is 7.91. The molecule has 118 valence electrons. The smallest absolute Gasteiger partial charge is 0.252 e. The first kappa shape index (κ1) is 15.4. The summed E-state index contributed by atoms with van der Waals surface area (Å²) in [6.45, 7) is 3.31. The van der Waals surface area contributed by atoms with Gasteiger partial charge in [-0.25, -0.2) is 8.42 Å². The lowest BCUT2D eigenvalue weighted by Crippen LogP contribution is -2.41. The van der Waals surface area contributed by atoms with E-state index in [1.807, 2.05) is 0 Å². The molecule has 7 heteroatoms. The van der Waals surface area contributed by atoms with E-state index in [0.29, 0.717) is 28.9 Å². The van der Waals surface area contributed by atoms with Crippen molar-refractivity contribution in [1.82, 2.24) is 9.21 Å². The zero-order valence-electron chi connectivity index (χ0n) is 12.1. The number of thiophene rings is 1. The average Bonchev–Trinajstić information content (AvgIpc) is 3.18. The minimum Gasteiger partial charge on any atom is -0.392 e. The summed E-state index contributed by atoms with van der Waals surface area (Å²) in [5, 5.41) is 10.8. The van der Waals surface area contributed by atoms with Crippen LogP contribution >= 0.6 is 11.3 Å². The lowest BCUT2D eigenvalue weighted by atomic mass is 10.1. The summed E-state index contributed by atoms with van der Waals surface area (Å²) < 4.78 is 27.2. The van der Waals surface area contributed by atoms with Gasteiger partial charge in [0.25, 0.3) is 10.0 Å². The monoisotopic (exact) mass is 330 g/mol. The zero-order chi connectivity index (χ0) is 14.9. The van der Waals surface area contributed by atoms with Crippen molar-refractivity contribution in [3.8, 4) is 0 Å². The van der Waals surface area contributed by atoms with E-state index in [1.54, 1.807) is 15.8 Å². The van der Waals surface area contributed by atoms with Gasteiger partial charge in [0.05, 0.1) is 6.61 Å². The van der Waals surface area contributed by atoms with Gasteiger partial charge in [-0.15, -0.1) is 11.3 Å². The second-order valence-corrected chi connectivity index (χ2v) is 8.91. The van der Waals surface area contributed by atoms with Gasteiger partial charge in [0.2, 0.25) is 0 Å². The molecule has 1 aromatic rings. The van der Waals surface area contributed by atoms with Crippen molar-refractivity contribution < 1.29 is 13.5 Å². The molecule has 0 amide bonds. The van der Waals surface area contributed by atoms with E-state index < -0.39 is 10.0 Å². The van der Waals surface area contributed by atoms with Gasteiger partial charge in [-0.05, 0) is 49.4 Å². The van der Waals surface area contributed by atoms with Crippen LogP contribution in [0.3, 0.4) is 0 Å². The first-order valence-electron chi connectivity index (χ1n) is 7.54. The first-order chi connectivity index (χ1) is 10.1. The molecule has 1 unspecified atom stereocenters. The highest BCUT2D eigenvalue weighted by atomic mass is 32.2. The molecule has 1 N–H and O–H groups in total. The highest BCUT2D eigenvalue weighted by Crippen LogP contribution is 2.28.